The standard InChI is InChI=1S/C19H24ClF2N7O/c1-11-15-17(30-6-2-4-23-16-14(20)9-24-18(25-15)26-16)27-29(11)13-7-12(8-13)28-5-3-19(21,22)10-28/h9,12-13H,2-8,10H2,1H3,(H2,23,24,25,26). The van der Waals surface area contributed by atoms with Gasteiger partial charge in [0.05, 0.1) is 31.1 Å². The van der Waals surface area contributed by atoms with Crippen molar-refractivity contribution in [1.82, 2.24) is 24.6 Å². The first-order valence-corrected chi connectivity index (χ1v) is 10.6. The molecule has 0 spiro atoms. The maximum Gasteiger partial charge on any atom is 0.261 e. The molecule has 2 N–H and O–H groups in total. The summed E-state index contributed by atoms with van der Waals surface area (Å²) in [5.41, 5.74) is 1.63. The molecule has 1 aliphatic carbocycles. The van der Waals surface area contributed by atoms with Gasteiger partial charge >= 0.3 is 0 Å². The highest BCUT2D eigenvalue weighted by molar-refractivity contribution is 6.32. The summed E-state index contributed by atoms with van der Waals surface area (Å²) < 4.78 is 34.9. The van der Waals surface area contributed by atoms with Gasteiger partial charge < -0.3 is 15.4 Å². The zero-order chi connectivity index (χ0) is 20.9. The lowest BCUT2D eigenvalue weighted by atomic mass is 9.85. The Hall–Kier alpha value is -2.20. The summed E-state index contributed by atoms with van der Waals surface area (Å²) in [6.07, 6.45) is 3.89. The molecule has 1 saturated heterocycles. The highest BCUT2D eigenvalue weighted by atomic mass is 35.5. The van der Waals surface area contributed by atoms with E-state index in [9.17, 15) is 8.78 Å². The van der Waals surface area contributed by atoms with Crippen LogP contribution in [0.5, 0.6) is 5.88 Å². The van der Waals surface area contributed by atoms with Crippen molar-refractivity contribution in [2.24, 2.45) is 0 Å². The molecule has 5 rings (SSSR count). The van der Waals surface area contributed by atoms with Crippen LogP contribution in [0.15, 0.2) is 6.20 Å². The molecule has 162 valence electrons. The molecule has 0 amide bonds. The second kappa shape index (κ2) is 7.49. The van der Waals surface area contributed by atoms with E-state index >= 15 is 0 Å². The quantitative estimate of drug-likeness (QED) is 0.739. The number of rotatable bonds is 2. The molecule has 0 atom stereocenters. The van der Waals surface area contributed by atoms with E-state index in [1.54, 1.807) is 6.20 Å². The molecule has 0 aromatic carbocycles. The minimum absolute atomic E-state index is 0.0427. The van der Waals surface area contributed by atoms with Crippen molar-refractivity contribution in [1.29, 1.82) is 0 Å². The van der Waals surface area contributed by atoms with E-state index in [2.05, 4.69) is 25.7 Å². The third-order valence-corrected chi connectivity index (χ3v) is 6.38. The van der Waals surface area contributed by atoms with Crippen molar-refractivity contribution in [2.75, 3.05) is 36.9 Å². The Balaban J connectivity index is 1.36. The number of nitrogens with one attached hydrogen (secondary N) is 2. The van der Waals surface area contributed by atoms with Crippen molar-refractivity contribution in [2.45, 2.75) is 50.6 Å². The van der Waals surface area contributed by atoms with E-state index in [0.717, 1.165) is 30.6 Å². The van der Waals surface area contributed by atoms with Crippen LogP contribution in [0.1, 0.15) is 37.4 Å². The van der Waals surface area contributed by atoms with E-state index in [4.69, 9.17) is 16.3 Å². The van der Waals surface area contributed by atoms with Crippen LogP contribution in [0.4, 0.5) is 26.2 Å². The average Bonchev–Trinajstić information content (AvgIpc) is 3.15. The van der Waals surface area contributed by atoms with E-state index in [1.165, 1.54) is 0 Å². The number of anilines is 3. The molecule has 30 heavy (non-hydrogen) atoms. The van der Waals surface area contributed by atoms with Crippen LogP contribution < -0.4 is 15.4 Å². The summed E-state index contributed by atoms with van der Waals surface area (Å²) >= 11 is 6.17. The molecule has 8 nitrogen and oxygen atoms in total. The van der Waals surface area contributed by atoms with Crippen LogP contribution in [-0.2, 0) is 0 Å². The Labute approximate surface area is 178 Å². The largest absolute Gasteiger partial charge is 0.475 e. The SMILES string of the molecule is Cc1c2c(nn1C1CC(N3CCC(F)(F)C3)C1)OCCCNc1nc(ncc1Cl)N2. The Morgan fingerprint density at radius 2 is 2.13 bits per heavy atom. The van der Waals surface area contributed by atoms with Crippen molar-refractivity contribution in [3.05, 3.63) is 16.9 Å². The lowest BCUT2D eigenvalue weighted by molar-refractivity contribution is -0.00327. The van der Waals surface area contributed by atoms with Gasteiger partial charge in [0.1, 0.15) is 10.7 Å². The predicted molar refractivity (Wildman–Crippen MR) is 109 cm³/mol. The number of hydrogen-bond donors (Lipinski definition) is 2. The molecule has 2 aliphatic heterocycles. The Morgan fingerprint density at radius 3 is 2.90 bits per heavy atom. The normalized spacial score (nSPS) is 25.9. The Morgan fingerprint density at radius 1 is 1.30 bits per heavy atom. The summed E-state index contributed by atoms with van der Waals surface area (Å²) in [6.45, 7) is 3.46. The summed E-state index contributed by atoms with van der Waals surface area (Å²) in [7, 11) is 0. The van der Waals surface area contributed by atoms with Gasteiger partial charge in [0, 0.05) is 25.6 Å². The first-order chi connectivity index (χ1) is 14.4. The number of likely N-dealkylation sites (tertiary alicyclic amines) is 1. The number of ether oxygens (including phenoxy) is 1. The lowest BCUT2D eigenvalue weighted by Gasteiger charge is -2.41. The van der Waals surface area contributed by atoms with Crippen LogP contribution in [0.3, 0.4) is 0 Å². The molecule has 3 aliphatic rings. The Bertz CT molecular complexity index is 947. The summed E-state index contributed by atoms with van der Waals surface area (Å²) in [4.78, 5) is 10.6. The number of halogens is 3. The smallest absolute Gasteiger partial charge is 0.261 e. The van der Waals surface area contributed by atoms with Gasteiger partial charge in [-0.1, -0.05) is 11.6 Å². The fraction of sp³-hybridized carbons (Fsp3) is 0.632. The van der Waals surface area contributed by atoms with E-state index in [0.29, 0.717) is 42.4 Å². The lowest BCUT2D eigenvalue weighted by Crippen LogP contribution is -2.45. The van der Waals surface area contributed by atoms with Gasteiger partial charge in [0.2, 0.25) is 5.95 Å². The van der Waals surface area contributed by atoms with Crippen LogP contribution in [0.25, 0.3) is 0 Å². The van der Waals surface area contributed by atoms with Gasteiger partial charge in [-0.2, -0.15) is 4.98 Å². The van der Waals surface area contributed by atoms with Crippen molar-refractivity contribution in [3.63, 3.8) is 0 Å². The molecule has 1 saturated carbocycles. The van der Waals surface area contributed by atoms with Crippen LogP contribution in [-0.4, -0.2) is 62.9 Å². The summed E-state index contributed by atoms with van der Waals surface area (Å²) in [5.74, 6) is -1.07. The van der Waals surface area contributed by atoms with Crippen LogP contribution in [0.2, 0.25) is 5.02 Å². The minimum Gasteiger partial charge on any atom is -0.475 e. The molecule has 2 aromatic heterocycles. The number of nitrogens with zero attached hydrogens (tertiary/aromatic N) is 5. The monoisotopic (exact) mass is 439 g/mol. The van der Waals surface area contributed by atoms with Gasteiger partial charge in [-0.05, 0) is 26.2 Å². The molecule has 11 heteroatoms. The van der Waals surface area contributed by atoms with E-state index in [-0.39, 0.29) is 25.0 Å². The zero-order valence-corrected chi connectivity index (χ0v) is 17.4. The maximum atomic E-state index is 13.5. The van der Waals surface area contributed by atoms with Gasteiger partial charge in [0.25, 0.3) is 11.8 Å². The second-order valence-electron chi connectivity index (χ2n) is 8.21. The third kappa shape index (κ3) is 3.66. The zero-order valence-electron chi connectivity index (χ0n) is 16.7. The van der Waals surface area contributed by atoms with Gasteiger partial charge in [-0.25, -0.2) is 13.8 Å². The highest BCUT2D eigenvalue weighted by Crippen LogP contribution is 2.42. The fourth-order valence-corrected chi connectivity index (χ4v) is 4.49. The first kappa shape index (κ1) is 19.7. The molecule has 0 unspecified atom stereocenters. The Kier molecular flexibility index (Phi) is 4.93. The highest BCUT2D eigenvalue weighted by Gasteiger charge is 2.45. The van der Waals surface area contributed by atoms with Gasteiger partial charge in [-0.15, -0.1) is 5.10 Å². The topological polar surface area (TPSA) is 80.1 Å². The van der Waals surface area contributed by atoms with Crippen molar-refractivity contribution in [3.8, 4) is 5.88 Å². The predicted octanol–water partition coefficient (Wildman–Crippen LogP) is 3.62. The molecule has 0 radical (unpaired) electrons. The molecular formula is C19H24ClF2N7O. The molecular weight excluding hydrogens is 416 g/mol. The third-order valence-electron chi connectivity index (χ3n) is 6.10. The molecule has 4 heterocycles. The van der Waals surface area contributed by atoms with E-state index < -0.39 is 5.92 Å². The van der Waals surface area contributed by atoms with Gasteiger partial charge in [-0.3, -0.25) is 9.58 Å². The fourth-order valence-electron chi connectivity index (χ4n) is 4.33. The number of alkyl halides is 2. The van der Waals surface area contributed by atoms with Crippen LogP contribution in [0, 0.1) is 6.92 Å². The number of fused-ring (bicyclic) bond motifs is 3. The van der Waals surface area contributed by atoms with Crippen molar-refractivity contribution < 1.29 is 13.5 Å². The molecule has 2 aromatic rings. The summed E-state index contributed by atoms with van der Waals surface area (Å²) in [5, 5.41) is 11.5. The number of hydrogen-bond acceptors (Lipinski definition) is 7. The average molecular weight is 440 g/mol. The summed E-state index contributed by atoms with van der Waals surface area (Å²) in [6, 6.07) is 0.352. The second-order valence-corrected chi connectivity index (χ2v) is 8.62. The van der Waals surface area contributed by atoms with Crippen LogP contribution >= 0.6 is 11.6 Å². The molecule has 2 fully saturated rings. The number of aromatic nitrogens is 4. The first-order valence-electron chi connectivity index (χ1n) is 10.3. The minimum atomic E-state index is -2.55. The van der Waals surface area contributed by atoms with Crippen molar-refractivity contribution >= 4 is 29.1 Å². The van der Waals surface area contributed by atoms with Gasteiger partial charge in [0.15, 0.2) is 5.82 Å². The maximum absolute atomic E-state index is 13.5. The van der Waals surface area contributed by atoms with E-state index in [1.807, 2.05) is 16.5 Å². The molecule has 2 bridgehead atoms.